The van der Waals surface area contributed by atoms with E-state index in [2.05, 4.69) is 73.7 Å². The molecule has 0 saturated carbocycles. The van der Waals surface area contributed by atoms with E-state index >= 15 is 0 Å². The zero-order chi connectivity index (χ0) is 14.5. The van der Waals surface area contributed by atoms with Crippen LogP contribution in [-0.4, -0.2) is 13.1 Å². The molecule has 0 saturated heterocycles. The van der Waals surface area contributed by atoms with Crippen LogP contribution in [-0.2, 0) is 0 Å². The zero-order valence-electron chi connectivity index (χ0n) is 12.5. The summed E-state index contributed by atoms with van der Waals surface area (Å²) in [7, 11) is 2.05. The first-order valence-electron chi connectivity index (χ1n) is 6.93. The Kier molecular flexibility index (Phi) is 4.46. The molecule has 0 amide bonds. The van der Waals surface area contributed by atoms with Crippen LogP contribution in [0.3, 0.4) is 0 Å². The molecular formula is C18H22N2. The van der Waals surface area contributed by atoms with Crippen LogP contribution in [0.25, 0.3) is 0 Å². The Bertz CT molecular complexity index is 546. The Morgan fingerprint density at radius 3 is 1.75 bits per heavy atom. The molecule has 0 atom stereocenters. The molecule has 0 aliphatic heterocycles. The highest BCUT2D eigenvalue weighted by Gasteiger charge is 2.17. The van der Waals surface area contributed by atoms with Gasteiger partial charge in [0, 0.05) is 24.5 Å². The van der Waals surface area contributed by atoms with Crippen molar-refractivity contribution in [3.8, 4) is 0 Å². The van der Waals surface area contributed by atoms with Crippen LogP contribution in [0, 0.1) is 0 Å². The van der Waals surface area contributed by atoms with Crippen molar-refractivity contribution in [2.24, 2.45) is 0 Å². The normalized spacial score (nSPS) is 10.4. The maximum Gasteiger partial charge on any atom is 0.105 e. The summed E-state index contributed by atoms with van der Waals surface area (Å²) < 4.78 is 0. The average Bonchev–Trinajstić information content (AvgIpc) is 2.48. The Morgan fingerprint density at radius 2 is 1.30 bits per heavy atom. The van der Waals surface area contributed by atoms with Gasteiger partial charge < -0.3 is 9.80 Å². The van der Waals surface area contributed by atoms with Crippen molar-refractivity contribution in [3.63, 3.8) is 0 Å². The van der Waals surface area contributed by atoms with Crippen molar-refractivity contribution in [1.82, 2.24) is 0 Å². The van der Waals surface area contributed by atoms with E-state index in [4.69, 9.17) is 0 Å². The fourth-order valence-corrected chi connectivity index (χ4v) is 2.30. The number of nitrogens with zero attached hydrogens (tertiary/aromatic N) is 2. The van der Waals surface area contributed by atoms with Crippen LogP contribution in [0.1, 0.15) is 13.8 Å². The lowest BCUT2D eigenvalue weighted by atomic mass is 10.2. The van der Waals surface area contributed by atoms with Crippen molar-refractivity contribution in [2.75, 3.05) is 16.8 Å². The lowest BCUT2D eigenvalue weighted by molar-refractivity contribution is 0.737. The van der Waals surface area contributed by atoms with E-state index in [9.17, 15) is 0 Å². The maximum atomic E-state index is 4.28. The van der Waals surface area contributed by atoms with Gasteiger partial charge in [0.05, 0.1) is 0 Å². The number of anilines is 2. The van der Waals surface area contributed by atoms with Crippen LogP contribution in [0.15, 0.2) is 73.1 Å². The Hall–Kier alpha value is -2.22. The second-order valence-electron chi connectivity index (χ2n) is 5.11. The second kappa shape index (κ2) is 6.29. The molecule has 0 heterocycles. The highest BCUT2D eigenvalue weighted by atomic mass is 15.3. The predicted octanol–water partition coefficient (Wildman–Crippen LogP) is 4.51. The van der Waals surface area contributed by atoms with Crippen LogP contribution in [0.2, 0.25) is 0 Å². The molecule has 2 heteroatoms. The molecule has 104 valence electrons. The second-order valence-corrected chi connectivity index (χ2v) is 5.11. The van der Waals surface area contributed by atoms with Gasteiger partial charge in [-0.3, -0.25) is 0 Å². The smallest absolute Gasteiger partial charge is 0.105 e. The molecule has 0 fully saturated rings. The van der Waals surface area contributed by atoms with E-state index in [1.165, 1.54) is 0 Å². The van der Waals surface area contributed by atoms with Gasteiger partial charge in [0.15, 0.2) is 0 Å². The Labute approximate surface area is 122 Å². The van der Waals surface area contributed by atoms with Crippen molar-refractivity contribution < 1.29 is 0 Å². The summed E-state index contributed by atoms with van der Waals surface area (Å²) in [4.78, 5) is 4.36. The van der Waals surface area contributed by atoms with Gasteiger partial charge in [0.1, 0.15) is 5.82 Å². The summed E-state index contributed by atoms with van der Waals surface area (Å²) in [5.41, 5.74) is 2.30. The number of hydrogen-bond donors (Lipinski definition) is 0. The van der Waals surface area contributed by atoms with E-state index in [0.717, 1.165) is 17.2 Å². The molecule has 0 unspecified atom stereocenters. The van der Waals surface area contributed by atoms with Gasteiger partial charge in [-0.2, -0.15) is 0 Å². The third-order valence-corrected chi connectivity index (χ3v) is 3.36. The molecule has 0 aliphatic carbocycles. The minimum absolute atomic E-state index is 0.344. The Morgan fingerprint density at radius 1 is 0.850 bits per heavy atom. The molecule has 0 N–H and O–H groups in total. The topological polar surface area (TPSA) is 6.48 Å². The summed E-state index contributed by atoms with van der Waals surface area (Å²) in [6, 6.07) is 21.0. The molecule has 0 aromatic heterocycles. The van der Waals surface area contributed by atoms with E-state index in [0.29, 0.717) is 6.04 Å². The standard InChI is InChI=1S/C18H22N2/c1-15(2)20(18-13-9-6-10-14-18)16(3)19(4)17-11-7-5-8-12-17/h5-15H,3H2,1-2,4H3. The summed E-state index contributed by atoms with van der Waals surface area (Å²) >= 11 is 0. The molecule has 2 aromatic rings. The first kappa shape index (κ1) is 14.2. The molecule has 0 aliphatic rings. The van der Waals surface area contributed by atoms with E-state index in [-0.39, 0.29) is 0 Å². The minimum Gasteiger partial charge on any atom is -0.331 e. The fraction of sp³-hybridized carbons (Fsp3) is 0.222. The molecule has 20 heavy (non-hydrogen) atoms. The van der Waals surface area contributed by atoms with Crippen molar-refractivity contribution >= 4 is 11.4 Å². The number of hydrogen-bond acceptors (Lipinski definition) is 2. The van der Waals surface area contributed by atoms with E-state index < -0.39 is 0 Å². The molecular weight excluding hydrogens is 244 g/mol. The molecule has 0 bridgehead atoms. The summed E-state index contributed by atoms with van der Waals surface area (Å²) in [6.45, 7) is 8.64. The largest absolute Gasteiger partial charge is 0.331 e. The first-order valence-corrected chi connectivity index (χ1v) is 6.93. The molecule has 2 rings (SSSR count). The van der Waals surface area contributed by atoms with Crippen molar-refractivity contribution in [1.29, 1.82) is 0 Å². The third-order valence-electron chi connectivity index (χ3n) is 3.36. The highest BCUT2D eigenvalue weighted by molar-refractivity contribution is 5.60. The highest BCUT2D eigenvalue weighted by Crippen LogP contribution is 2.25. The van der Waals surface area contributed by atoms with Crippen LogP contribution in [0.5, 0.6) is 0 Å². The van der Waals surface area contributed by atoms with Crippen LogP contribution in [0.4, 0.5) is 11.4 Å². The SMILES string of the molecule is C=C(N(C)c1ccccc1)N(c1ccccc1)C(C)C. The van der Waals surface area contributed by atoms with Gasteiger partial charge >= 0.3 is 0 Å². The first-order chi connectivity index (χ1) is 9.61. The quantitative estimate of drug-likeness (QED) is 0.785. The molecule has 0 spiro atoms. The van der Waals surface area contributed by atoms with Gasteiger partial charge in [0.25, 0.3) is 0 Å². The number of rotatable bonds is 5. The lowest BCUT2D eigenvalue weighted by Gasteiger charge is -2.36. The predicted molar refractivity (Wildman–Crippen MR) is 88.0 cm³/mol. The van der Waals surface area contributed by atoms with E-state index in [1.54, 1.807) is 0 Å². The zero-order valence-corrected chi connectivity index (χ0v) is 12.5. The minimum atomic E-state index is 0.344. The van der Waals surface area contributed by atoms with Crippen molar-refractivity contribution in [2.45, 2.75) is 19.9 Å². The number of benzene rings is 2. The van der Waals surface area contributed by atoms with Gasteiger partial charge in [-0.15, -0.1) is 0 Å². The van der Waals surface area contributed by atoms with Gasteiger partial charge in [-0.1, -0.05) is 43.0 Å². The fourth-order valence-electron chi connectivity index (χ4n) is 2.30. The van der Waals surface area contributed by atoms with Gasteiger partial charge in [0.2, 0.25) is 0 Å². The van der Waals surface area contributed by atoms with Crippen LogP contribution < -0.4 is 9.80 Å². The average molecular weight is 266 g/mol. The maximum absolute atomic E-state index is 4.28. The van der Waals surface area contributed by atoms with Crippen molar-refractivity contribution in [3.05, 3.63) is 73.1 Å². The Balaban J connectivity index is 2.29. The summed E-state index contributed by atoms with van der Waals surface area (Å²) in [5.74, 6) is 0.970. The van der Waals surface area contributed by atoms with E-state index in [1.807, 2.05) is 24.3 Å². The molecule has 2 aromatic carbocycles. The van der Waals surface area contributed by atoms with Gasteiger partial charge in [-0.25, -0.2) is 0 Å². The van der Waals surface area contributed by atoms with Crippen LogP contribution >= 0.6 is 0 Å². The van der Waals surface area contributed by atoms with Gasteiger partial charge in [-0.05, 0) is 38.1 Å². The molecule has 2 nitrogen and oxygen atoms in total. The summed E-state index contributed by atoms with van der Waals surface area (Å²) in [5, 5.41) is 0. The summed E-state index contributed by atoms with van der Waals surface area (Å²) in [6.07, 6.45) is 0. The monoisotopic (exact) mass is 266 g/mol. The number of para-hydroxylation sites is 2. The third kappa shape index (κ3) is 3.02. The lowest BCUT2D eigenvalue weighted by Crippen LogP contribution is -2.37. The molecule has 0 radical (unpaired) electrons.